The van der Waals surface area contributed by atoms with Gasteiger partial charge in [-0.15, -0.1) is 0 Å². The molecule has 1 aromatic rings. The zero-order chi connectivity index (χ0) is 9.68. The monoisotopic (exact) mass is 198 g/mol. The first kappa shape index (κ1) is 10.1. The molecule has 1 rings (SSSR count). The SMILES string of the molecule is O=CCc1ccc(CS(=O)O)cc1. The van der Waals surface area contributed by atoms with Gasteiger partial charge in [-0.1, -0.05) is 24.3 Å². The molecule has 0 aliphatic rings. The number of rotatable bonds is 4. The fourth-order valence-electron chi connectivity index (χ4n) is 1.01. The van der Waals surface area contributed by atoms with E-state index in [-0.39, 0.29) is 5.75 Å². The van der Waals surface area contributed by atoms with Crippen molar-refractivity contribution >= 4 is 17.4 Å². The topological polar surface area (TPSA) is 54.4 Å². The van der Waals surface area contributed by atoms with Crippen molar-refractivity contribution in [2.45, 2.75) is 12.2 Å². The molecule has 0 heterocycles. The van der Waals surface area contributed by atoms with Gasteiger partial charge in [0, 0.05) is 6.42 Å². The first-order valence-corrected chi connectivity index (χ1v) is 5.09. The predicted octanol–water partition coefficient (Wildman–Crippen LogP) is 1.15. The van der Waals surface area contributed by atoms with Crippen LogP contribution < -0.4 is 0 Å². The minimum absolute atomic E-state index is 0.140. The number of aldehydes is 1. The number of benzene rings is 1. The van der Waals surface area contributed by atoms with Crippen molar-refractivity contribution in [1.29, 1.82) is 0 Å². The summed E-state index contributed by atoms with van der Waals surface area (Å²) in [6.07, 6.45) is 1.22. The number of hydrogen-bond donors (Lipinski definition) is 1. The fourth-order valence-corrected chi connectivity index (χ4v) is 1.49. The summed E-state index contributed by atoms with van der Waals surface area (Å²) in [6.45, 7) is 0. The van der Waals surface area contributed by atoms with E-state index in [1.807, 2.05) is 0 Å². The van der Waals surface area contributed by atoms with Gasteiger partial charge in [0.05, 0.1) is 5.75 Å². The van der Waals surface area contributed by atoms with Crippen LogP contribution in [0, 0.1) is 0 Å². The van der Waals surface area contributed by atoms with Gasteiger partial charge < -0.3 is 9.35 Å². The lowest BCUT2D eigenvalue weighted by atomic mass is 10.1. The van der Waals surface area contributed by atoms with Crippen LogP contribution in [0.15, 0.2) is 24.3 Å². The Bertz CT molecular complexity index is 305. The molecule has 0 radical (unpaired) electrons. The predicted molar refractivity (Wildman–Crippen MR) is 50.7 cm³/mol. The molecule has 0 saturated heterocycles. The van der Waals surface area contributed by atoms with E-state index >= 15 is 0 Å². The maximum atomic E-state index is 10.4. The second kappa shape index (κ2) is 4.89. The zero-order valence-corrected chi connectivity index (χ0v) is 7.79. The van der Waals surface area contributed by atoms with Gasteiger partial charge in [-0.05, 0) is 11.1 Å². The molecule has 3 nitrogen and oxygen atoms in total. The lowest BCUT2D eigenvalue weighted by Gasteiger charge is -1.98. The van der Waals surface area contributed by atoms with Crippen molar-refractivity contribution < 1.29 is 13.6 Å². The number of carbonyl (C=O) groups excluding carboxylic acids is 1. The molecule has 13 heavy (non-hydrogen) atoms. The normalized spacial score (nSPS) is 12.4. The van der Waals surface area contributed by atoms with Gasteiger partial charge in [-0.25, -0.2) is 4.21 Å². The fraction of sp³-hybridized carbons (Fsp3) is 0.222. The third-order valence-electron chi connectivity index (χ3n) is 1.63. The van der Waals surface area contributed by atoms with Crippen LogP contribution >= 0.6 is 0 Å². The lowest BCUT2D eigenvalue weighted by molar-refractivity contribution is -0.107. The molecule has 0 spiro atoms. The number of carbonyl (C=O) groups is 1. The maximum absolute atomic E-state index is 10.4. The summed E-state index contributed by atoms with van der Waals surface area (Å²) in [5.41, 5.74) is 1.72. The van der Waals surface area contributed by atoms with Gasteiger partial charge in [-0.2, -0.15) is 0 Å². The van der Waals surface area contributed by atoms with Gasteiger partial charge >= 0.3 is 0 Å². The Morgan fingerprint density at radius 3 is 2.23 bits per heavy atom. The van der Waals surface area contributed by atoms with Crippen LogP contribution in [0.4, 0.5) is 0 Å². The molecule has 70 valence electrons. The smallest absolute Gasteiger partial charge is 0.157 e. The molecule has 0 aromatic heterocycles. The Kier molecular flexibility index (Phi) is 3.79. The van der Waals surface area contributed by atoms with E-state index in [2.05, 4.69) is 0 Å². The van der Waals surface area contributed by atoms with Crippen molar-refractivity contribution in [2.75, 3.05) is 0 Å². The summed E-state index contributed by atoms with van der Waals surface area (Å²) < 4.78 is 19.0. The molecule has 1 aromatic carbocycles. The van der Waals surface area contributed by atoms with Gasteiger partial charge in [0.2, 0.25) is 0 Å². The molecule has 0 aliphatic carbocycles. The van der Waals surface area contributed by atoms with Gasteiger partial charge in [0.1, 0.15) is 6.29 Å². The molecule has 0 bridgehead atoms. The number of hydrogen-bond acceptors (Lipinski definition) is 2. The minimum Gasteiger partial charge on any atom is -0.306 e. The Hall–Kier alpha value is -1.00. The lowest BCUT2D eigenvalue weighted by Crippen LogP contribution is -1.93. The Morgan fingerprint density at radius 2 is 1.77 bits per heavy atom. The van der Waals surface area contributed by atoms with Crippen LogP contribution in [-0.4, -0.2) is 15.0 Å². The summed E-state index contributed by atoms with van der Waals surface area (Å²) in [6, 6.07) is 7.09. The highest BCUT2D eigenvalue weighted by Gasteiger charge is 1.97. The Labute approximate surface area is 79.1 Å². The highest BCUT2D eigenvalue weighted by molar-refractivity contribution is 7.78. The molecule has 1 atom stereocenters. The van der Waals surface area contributed by atoms with Gasteiger partial charge in [0.25, 0.3) is 0 Å². The highest BCUT2D eigenvalue weighted by atomic mass is 32.2. The van der Waals surface area contributed by atoms with Crippen molar-refractivity contribution in [2.24, 2.45) is 0 Å². The zero-order valence-electron chi connectivity index (χ0n) is 6.97. The third kappa shape index (κ3) is 3.48. The average Bonchev–Trinajstić information content (AvgIpc) is 2.08. The van der Waals surface area contributed by atoms with Crippen molar-refractivity contribution in [1.82, 2.24) is 0 Å². The Balaban J connectivity index is 2.69. The van der Waals surface area contributed by atoms with E-state index in [1.165, 1.54) is 0 Å². The Morgan fingerprint density at radius 1 is 1.23 bits per heavy atom. The second-order valence-electron chi connectivity index (χ2n) is 2.65. The molecular weight excluding hydrogens is 188 g/mol. The van der Waals surface area contributed by atoms with E-state index in [4.69, 9.17) is 4.55 Å². The molecule has 1 unspecified atom stereocenters. The van der Waals surface area contributed by atoms with E-state index < -0.39 is 11.1 Å². The van der Waals surface area contributed by atoms with Crippen molar-refractivity contribution in [3.05, 3.63) is 35.4 Å². The second-order valence-corrected chi connectivity index (χ2v) is 3.58. The molecule has 0 amide bonds. The summed E-state index contributed by atoms with van der Waals surface area (Å²) in [5, 5.41) is 0. The van der Waals surface area contributed by atoms with Gasteiger partial charge in [-0.3, -0.25) is 0 Å². The van der Waals surface area contributed by atoms with Gasteiger partial charge in [0.15, 0.2) is 11.1 Å². The summed E-state index contributed by atoms with van der Waals surface area (Å²) >= 11 is -1.80. The summed E-state index contributed by atoms with van der Waals surface area (Å²) in [5.74, 6) is 0.140. The molecule has 0 fully saturated rings. The van der Waals surface area contributed by atoms with Crippen LogP contribution in [0.2, 0.25) is 0 Å². The molecule has 0 saturated carbocycles. The van der Waals surface area contributed by atoms with E-state index in [0.29, 0.717) is 6.42 Å². The maximum Gasteiger partial charge on any atom is 0.157 e. The summed E-state index contributed by atoms with van der Waals surface area (Å²) in [4.78, 5) is 10.1. The molecule has 4 heteroatoms. The largest absolute Gasteiger partial charge is 0.306 e. The van der Waals surface area contributed by atoms with E-state index in [1.54, 1.807) is 24.3 Å². The van der Waals surface area contributed by atoms with Crippen molar-refractivity contribution in [3.8, 4) is 0 Å². The van der Waals surface area contributed by atoms with E-state index in [9.17, 15) is 9.00 Å². The van der Waals surface area contributed by atoms with Crippen LogP contribution in [0.1, 0.15) is 11.1 Å². The third-order valence-corrected chi connectivity index (χ3v) is 2.21. The van der Waals surface area contributed by atoms with Crippen molar-refractivity contribution in [3.63, 3.8) is 0 Å². The minimum atomic E-state index is -1.80. The standard InChI is InChI=1S/C9H10O3S/c10-6-5-8-1-3-9(4-2-8)7-13(11)12/h1-4,6H,5,7H2,(H,11,12). The highest BCUT2D eigenvalue weighted by Crippen LogP contribution is 2.06. The van der Waals surface area contributed by atoms with Crippen LogP contribution in [0.25, 0.3) is 0 Å². The van der Waals surface area contributed by atoms with E-state index in [0.717, 1.165) is 17.4 Å². The van der Waals surface area contributed by atoms with Crippen LogP contribution in [-0.2, 0) is 28.0 Å². The first-order valence-electron chi connectivity index (χ1n) is 3.81. The molecule has 0 aliphatic heterocycles. The van der Waals surface area contributed by atoms with Crippen LogP contribution in [0.5, 0.6) is 0 Å². The van der Waals surface area contributed by atoms with Crippen LogP contribution in [0.3, 0.4) is 0 Å². The molecule has 1 N–H and O–H groups in total. The molecular formula is C9H10O3S. The summed E-state index contributed by atoms with van der Waals surface area (Å²) in [7, 11) is 0. The average molecular weight is 198 g/mol. The quantitative estimate of drug-likeness (QED) is 0.583. The first-order chi connectivity index (χ1) is 6.22.